The van der Waals surface area contributed by atoms with Gasteiger partial charge in [0.15, 0.2) is 5.71 Å². The molecule has 150 valence electrons. The monoisotopic (exact) mass is 396 g/mol. The van der Waals surface area contributed by atoms with Crippen LogP contribution in [0.5, 0.6) is 0 Å². The number of anilines is 1. The molecule has 0 aliphatic carbocycles. The Bertz CT molecular complexity index is 1010. The van der Waals surface area contributed by atoms with Gasteiger partial charge in [-0.15, -0.1) is 0 Å². The zero-order valence-corrected chi connectivity index (χ0v) is 16.4. The molecule has 1 amide bonds. The molecule has 2 aromatic carbocycles. The SMILES string of the molecule is COC(=O)c1ccc(C(=N)/C([OH2+])=C/C(=[NH2+])c2ccc(C(=O)N(C)C)cc2)c(N)c1. The fourth-order valence-electron chi connectivity index (χ4n) is 2.55. The zero-order valence-electron chi connectivity index (χ0n) is 16.4. The molecule has 0 saturated carbocycles. The fourth-order valence-corrected chi connectivity index (χ4v) is 2.55. The van der Waals surface area contributed by atoms with E-state index in [4.69, 9.17) is 21.7 Å². The topological polar surface area (TPSA) is 145 Å². The van der Waals surface area contributed by atoms with Gasteiger partial charge in [-0.3, -0.25) is 15.6 Å². The Morgan fingerprint density at radius 2 is 1.66 bits per heavy atom. The summed E-state index contributed by atoms with van der Waals surface area (Å²) < 4.78 is 4.64. The Morgan fingerprint density at radius 1 is 1.10 bits per heavy atom. The summed E-state index contributed by atoms with van der Waals surface area (Å²) in [6, 6.07) is 11.0. The van der Waals surface area contributed by atoms with Gasteiger partial charge >= 0.3 is 5.97 Å². The lowest BCUT2D eigenvalue weighted by atomic mass is 10.0. The molecule has 0 bridgehead atoms. The van der Waals surface area contributed by atoms with E-state index in [1.54, 1.807) is 38.4 Å². The van der Waals surface area contributed by atoms with Crippen LogP contribution >= 0.6 is 0 Å². The second-order valence-electron chi connectivity index (χ2n) is 6.46. The summed E-state index contributed by atoms with van der Waals surface area (Å²) in [5, 5.41) is 22.4. The molecule has 0 fully saturated rings. The summed E-state index contributed by atoms with van der Waals surface area (Å²) in [6.45, 7) is 0. The number of hydrogen-bond acceptors (Lipinski definition) is 5. The van der Waals surface area contributed by atoms with E-state index in [-0.39, 0.29) is 34.3 Å². The van der Waals surface area contributed by atoms with Gasteiger partial charge in [-0.1, -0.05) is 0 Å². The van der Waals surface area contributed by atoms with Crippen molar-refractivity contribution in [2.45, 2.75) is 0 Å². The number of esters is 1. The summed E-state index contributed by atoms with van der Waals surface area (Å²) in [7, 11) is 4.60. The number of benzene rings is 2. The maximum atomic E-state index is 11.9. The first-order valence-corrected chi connectivity index (χ1v) is 8.60. The maximum Gasteiger partial charge on any atom is 0.337 e. The number of rotatable bonds is 6. The van der Waals surface area contributed by atoms with Crippen molar-refractivity contribution in [3.8, 4) is 0 Å². The van der Waals surface area contributed by atoms with E-state index in [2.05, 4.69) is 4.74 Å². The minimum absolute atomic E-state index is 0.125. The van der Waals surface area contributed by atoms with E-state index in [1.807, 2.05) is 0 Å². The van der Waals surface area contributed by atoms with Crippen molar-refractivity contribution in [2.24, 2.45) is 0 Å². The first kappa shape index (κ1) is 21.4. The second kappa shape index (κ2) is 8.83. The summed E-state index contributed by atoms with van der Waals surface area (Å²) in [4.78, 5) is 25.0. The molecule has 0 aromatic heterocycles. The van der Waals surface area contributed by atoms with Crippen molar-refractivity contribution < 1.29 is 24.8 Å². The van der Waals surface area contributed by atoms with E-state index in [0.29, 0.717) is 16.7 Å². The van der Waals surface area contributed by atoms with Gasteiger partial charge in [-0.2, -0.15) is 0 Å². The third kappa shape index (κ3) is 4.86. The number of nitrogens with one attached hydrogen (secondary N) is 1. The normalized spacial score (nSPS) is 10.9. The number of nitrogens with zero attached hydrogens (tertiary/aromatic N) is 1. The van der Waals surface area contributed by atoms with Crippen LogP contribution in [0.15, 0.2) is 54.3 Å². The van der Waals surface area contributed by atoms with Crippen molar-refractivity contribution in [3.05, 3.63) is 76.6 Å². The van der Waals surface area contributed by atoms with Crippen LogP contribution < -0.4 is 11.1 Å². The molecule has 0 radical (unpaired) electrons. The van der Waals surface area contributed by atoms with Crippen molar-refractivity contribution in [1.29, 1.82) is 5.41 Å². The number of carbonyl (C=O) groups excluding carboxylic acids is 2. The Balaban J connectivity index is 2.22. The summed E-state index contributed by atoms with van der Waals surface area (Å²) in [6.07, 6.45) is 1.35. The molecular formula is C21H24N4O4+2. The molecule has 2 aromatic rings. The molecule has 0 saturated heterocycles. The van der Waals surface area contributed by atoms with Crippen LogP contribution in [0.2, 0.25) is 0 Å². The highest BCUT2D eigenvalue weighted by molar-refractivity contribution is 6.17. The second-order valence-corrected chi connectivity index (χ2v) is 6.46. The van der Waals surface area contributed by atoms with Gasteiger partial charge in [0.25, 0.3) is 11.7 Å². The van der Waals surface area contributed by atoms with E-state index >= 15 is 0 Å². The lowest BCUT2D eigenvalue weighted by molar-refractivity contribution is -0.111. The molecular weight excluding hydrogens is 372 g/mol. The Kier molecular flexibility index (Phi) is 6.51. The van der Waals surface area contributed by atoms with Crippen molar-refractivity contribution in [1.82, 2.24) is 4.90 Å². The number of ether oxygens (including phenoxy) is 1. The predicted molar refractivity (Wildman–Crippen MR) is 111 cm³/mol. The molecule has 0 aliphatic heterocycles. The van der Waals surface area contributed by atoms with E-state index in [1.165, 1.54) is 36.3 Å². The van der Waals surface area contributed by atoms with Gasteiger partial charge in [0.05, 0.1) is 12.7 Å². The summed E-state index contributed by atoms with van der Waals surface area (Å²) >= 11 is 0. The highest BCUT2D eigenvalue weighted by Crippen LogP contribution is 2.18. The number of nitrogens with two attached hydrogens (primary N) is 2. The van der Waals surface area contributed by atoms with Gasteiger partial charge in [0.2, 0.25) is 5.71 Å². The first-order valence-electron chi connectivity index (χ1n) is 8.60. The quantitative estimate of drug-likeness (QED) is 0.207. The van der Waals surface area contributed by atoms with Crippen LogP contribution in [-0.4, -0.2) is 54.5 Å². The smallest absolute Gasteiger partial charge is 0.337 e. The average Bonchev–Trinajstić information content (AvgIpc) is 2.71. The predicted octanol–water partition coefficient (Wildman–Crippen LogP) is -0.0180. The van der Waals surface area contributed by atoms with Crippen LogP contribution in [0.4, 0.5) is 5.69 Å². The van der Waals surface area contributed by atoms with Crippen LogP contribution in [-0.2, 0) is 4.74 Å². The maximum absolute atomic E-state index is 11.9. The minimum atomic E-state index is -0.537. The molecule has 0 spiro atoms. The van der Waals surface area contributed by atoms with Gasteiger partial charge in [0.1, 0.15) is 6.08 Å². The first-order chi connectivity index (χ1) is 13.6. The molecule has 0 heterocycles. The zero-order chi connectivity index (χ0) is 21.7. The number of methoxy groups -OCH3 is 1. The third-order valence-corrected chi connectivity index (χ3v) is 4.18. The fraction of sp³-hybridized carbons (Fsp3) is 0.143. The number of allylic oxidation sites excluding steroid dienone is 2. The summed E-state index contributed by atoms with van der Waals surface area (Å²) in [5.74, 6) is -0.807. The Morgan fingerprint density at radius 3 is 2.17 bits per heavy atom. The van der Waals surface area contributed by atoms with Crippen LogP contribution in [0.25, 0.3) is 0 Å². The number of hydrogen-bond donors (Lipinski definition) is 3. The Labute approximate surface area is 168 Å². The minimum Gasteiger partial charge on any atom is -0.592 e. The molecule has 8 heteroatoms. The standard InChI is InChI=1S/C21H22N4O4/c1-25(2)20(27)13-6-4-12(5-7-13)16(22)11-18(26)19(24)15-9-8-14(10-17(15)23)21(28)29-3/h4-11,22,24,26H,23H2,1-3H3/p+2/b18-11-,22-16?,24-19?. The number of amides is 1. The van der Waals surface area contributed by atoms with E-state index < -0.39 is 5.97 Å². The van der Waals surface area contributed by atoms with Gasteiger partial charge < -0.3 is 20.5 Å². The van der Waals surface area contributed by atoms with Crippen LogP contribution in [0.1, 0.15) is 31.8 Å². The third-order valence-electron chi connectivity index (χ3n) is 4.18. The molecule has 7 N–H and O–H groups in total. The number of carbonyl (C=O) groups is 2. The van der Waals surface area contributed by atoms with E-state index in [9.17, 15) is 9.59 Å². The molecule has 8 nitrogen and oxygen atoms in total. The highest BCUT2D eigenvalue weighted by Gasteiger charge is 2.19. The van der Waals surface area contributed by atoms with Crippen molar-refractivity contribution in [3.63, 3.8) is 0 Å². The Hall–Kier alpha value is -3.94. The van der Waals surface area contributed by atoms with Crippen LogP contribution in [0.3, 0.4) is 0 Å². The molecule has 0 unspecified atom stereocenters. The molecule has 2 rings (SSSR count). The van der Waals surface area contributed by atoms with E-state index in [0.717, 1.165) is 0 Å². The molecule has 0 aliphatic rings. The number of nitrogen functional groups attached to an aromatic ring is 1. The molecule has 29 heavy (non-hydrogen) atoms. The van der Waals surface area contributed by atoms with Gasteiger partial charge in [-0.25, -0.2) is 4.79 Å². The summed E-state index contributed by atoms with van der Waals surface area (Å²) in [5.41, 5.74) is 7.95. The lowest BCUT2D eigenvalue weighted by Gasteiger charge is -2.09. The van der Waals surface area contributed by atoms with Crippen molar-refractivity contribution >= 4 is 29.0 Å². The highest BCUT2D eigenvalue weighted by atomic mass is 16.5. The van der Waals surface area contributed by atoms with Gasteiger partial charge in [0, 0.05) is 36.5 Å². The van der Waals surface area contributed by atoms with Gasteiger partial charge in [-0.05, 0) is 42.5 Å². The lowest BCUT2D eigenvalue weighted by Crippen LogP contribution is -2.39. The van der Waals surface area contributed by atoms with Crippen LogP contribution in [0, 0.1) is 5.41 Å². The average molecular weight is 396 g/mol. The largest absolute Gasteiger partial charge is 0.592 e. The molecule has 0 atom stereocenters. The van der Waals surface area contributed by atoms with Crippen molar-refractivity contribution in [2.75, 3.05) is 26.9 Å².